The summed E-state index contributed by atoms with van der Waals surface area (Å²) in [6.45, 7) is 0. The second-order valence-electron chi connectivity index (χ2n) is 2.99. The average molecular weight is 254 g/mol. The van der Waals surface area contributed by atoms with Crippen LogP contribution in [0.2, 0.25) is 5.02 Å². The largest absolute Gasteiger partial charge is 0.301 e. The predicted molar refractivity (Wildman–Crippen MR) is 63.7 cm³/mol. The summed E-state index contributed by atoms with van der Waals surface area (Å²) in [7, 11) is 0. The Labute approximate surface area is 101 Å². The number of nitrogens with one attached hydrogen (secondary N) is 1. The van der Waals surface area contributed by atoms with Crippen molar-refractivity contribution in [2.75, 3.05) is 0 Å². The Morgan fingerprint density at radius 1 is 1.31 bits per heavy atom. The topological polar surface area (TPSA) is 58.6 Å². The number of hydrogen-bond acceptors (Lipinski definition) is 4. The first kappa shape index (κ1) is 11.2. The van der Waals surface area contributed by atoms with Gasteiger partial charge in [-0.3, -0.25) is 9.78 Å². The Bertz CT molecular complexity index is 543. The van der Waals surface area contributed by atoms with Crippen molar-refractivity contribution in [3.63, 3.8) is 0 Å². The zero-order valence-electron chi connectivity index (χ0n) is 8.18. The van der Waals surface area contributed by atoms with Gasteiger partial charge in [0.25, 0.3) is 5.56 Å². The highest BCUT2D eigenvalue weighted by molar-refractivity contribution is 7.98. The van der Waals surface area contributed by atoms with Crippen LogP contribution in [-0.4, -0.2) is 15.0 Å². The van der Waals surface area contributed by atoms with Crippen LogP contribution in [0.3, 0.4) is 0 Å². The summed E-state index contributed by atoms with van der Waals surface area (Å²) in [5, 5.41) is 1.23. The molecule has 0 aromatic carbocycles. The lowest BCUT2D eigenvalue weighted by molar-refractivity contribution is 0.935. The van der Waals surface area contributed by atoms with Crippen molar-refractivity contribution in [3.05, 3.63) is 51.7 Å². The van der Waals surface area contributed by atoms with E-state index in [1.807, 2.05) is 0 Å². The third kappa shape index (κ3) is 3.08. The van der Waals surface area contributed by atoms with E-state index in [4.69, 9.17) is 11.6 Å². The van der Waals surface area contributed by atoms with E-state index in [0.29, 0.717) is 15.9 Å². The number of rotatable bonds is 3. The summed E-state index contributed by atoms with van der Waals surface area (Å²) in [5.41, 5.74) is 0.695. The molecule has 82 valence electrons. The number of thioether (sulfide) groups is 1. The van der Waals surface area contributed by atoms with Gasteiger partial charge in [0.15, 0.2) is 5.16 Å². The Morgan fingerprint density at radius 2 is 2.12 bits per heavy atom. The lowest BCUT2D eigenvalue weighted by Crippen LogP contribution is -2.05. The molecular weight excluding hydrogens is 246 g/mol. The quantitative estimate of drug-likeness (QED) is 0.672. The highest BCUT2D eigenvalue weighted by atomic mass is 35.5. The molecule has 16 heavy (non-hydrogen) atoms. The maximum absolute atomic E-state index is 11.0. The fourth-order valence-electron chi connectivity index (χ4n) is 1.10. The van der Waals surface area contributed by atoms with Crippen molar-refractivity contribution < 1.29 is 0 Å². The number of aromatic amines is 1. The maximum atomic E-state index is 11.0. The normalized spacial score (nSPS) is 10.3. The van der Waals surface area contributed by atoms with Gasteiger partial charge in [-0.15, -0.1) is 0 Å². The average Bonchev–Trinajstić information content (AvgIpc) is 2.27. The van der Waals surface area contributed by atoms with E-state index in [1.54, 1.807) is 18.3 Å². The van der Waals surface area contributed by atoms with Crippen LogP contribution in [0.15, 0.2) is 40.5 Å². The molecule has 0 saturated carbocycles. The van der Waals surface area contributed by atoms with E-state index in [1.165, 1.54) is 24.0 Å². The van der Waals surface area contributed by atoms with E-state index in [2.05, 4.69) is 15.0 Å². The molecule has 0 unspecified atom stereocenters. The molecular formula is C10H8ClN3OS. The van der Waals surface area contributed by atoms with Gasteiger partial charge in [-0.1, -0.05) is 23.4 Å². The Hall–Kier alpha value is -1.33. The fraction of sp³-hybridized carbons (Fsp3) is 0.100. The number of H-pyrrole nitrogens is 1. The third-order valence-corrected chi connectivity index (χ3v) is 2.94. The predicted octanol–water partition coefficient (Wildman–Crippen LogP) is 2.11. The van der Waals surface area contributed by atoms with Gasteiger partial charge >= 0.3 is 0 Å². The summed E-state index contributed by atoms with van der Waals surface area (Å²) in [6, 6.07) is 4.88. The minimum absolute atomic E-state index is 0.156. The van der Waals surface area contributed by atoms with Crippen molar-refractivity contribution in [2.45, 2.75) is 10.9 Å². The Balaban J connectivity index is 2.05. The van der Waals surface area contributed by atoms with Gasteiger partial charge in [0.2, 0.25) is 0 Å². The van der Waals surface area contributed by atoms with Crippen LogP contribution in [-0.2, 0) is 5.75 Å². The molecule has 2 rings (SSSR count). The van der Waals surface area contributed by atoms with Gasteiger partial charge in [0.05, 0.1) is 5.69 Å². The molecule has 0 bridgehead atoms. The highest BCUT2D eigenvalue weighted by Gasteiger charge is 2.00. The fourth-order valence-corrected chi connectivity index (χ4v) is 2.03. The summed E-state index contributed by atoms with van der Waals surface area (Å²) in [4.78, 5) is 21.8. The van der Waals surface area contributed by atoms with Gasteiger partial charge < -0.3 is 4.98 Å². The molecule has 0 aliphatic carbocycles. The van der Waals surface area contributed by atoms with Crippen LogP contribution in [0.25, 0.3) is 0 Å². The van der Waals surface area contributed by atoms with Crippen LogP contribution < -0.4 is 5.56 Å². The molecule has 6 heteroatoms. The Kier molecular flexibility index (Phi) is 3.58. The van der Waals surface area contributed by atoms with E-state index in [-0.39, 0.29) is 5.56 Å². The minimum atomic E-state index is -0.156. The first-order chi connectivity index (χ1) is 7.74. The Morgan fingerprint density at radius 3 is 2.88 bits per heavy atom. The molecule has 4 nitrogen and oxygen atoms in total. The summed E-state index contributed by atoms with van der Waals surface area (Å²) in [5.74, 6) is 0.619. The van der Waals surface area contributed by atoms with Crippen molar-refractivity contribution in [3.8, 4) is 0 Å². The van der Waals surface area contributed by atoms with Crippen LogP contribution in [0, 0.1) is 0 Å². The van der Waals surface area contributed by atoms with Gasteiger partial charge in [-0.05, 0) is 12.1 Å². The number of hydrogen-bond donors (Lipinski definition) is 1. The SMILES string of the molecule is O=c1ccnc(SCc2cc(Cl)ccn2)[nH]1. The molecule has 0 spiro atoms. The van der Waals surface area contributed by atoms with Crippen molar-refractivity contribution >= 4 is 23.4 Å². The van der Waals surface area contributed by atoms with Crippen LogP contribution in [0.1, 0.15) is 5.69 Å². The van der Waals surface area contributed by atoms with Gasteiger partial charge in [0.1, 0.15) is 0 Å². The molecule has 0 saturated heterocycles. The molecule has 2 aromatic heterocycles. The molecule has 0 aliphatic heterocycles. The zero-order chi connectivity index (χ0) is 11.4. The molecule has 0 fully saturated rings. The number of pyridine rings is 1. The van der Waals surface area contributed by atoms with E-state index in [9.17, 15) is 4.79 Å². The van der Waals surface area contributed by atoms with Crippen LogP contribution in [0.4, 0.5) is 0 Å². The van der Waals surface area contributed by atoms with Crippen molar-refractivity contribution in [1.29, 1.82) is 0 Å². The lowest BCUT2D eigenvalue weighted by Gasteiger charge is -2.00. The summed E-state index contributed by atoms with van der Waals surface area (Å²) >= 11 is 7.24. The van der Waals surface area contributed by atoms with E-state index < -0.39 is 0 Å². The van der Waals surface area contributed by atoms with Gasteiger partial charge in [-0.25, -0.2) is 4.98 Å². The van der Waals surface area contributed by atoms with Gasteiger partial charge in [0, 0.05) is 29.2 Å². The monoisotopic (exact) mass is 253 g/mol. The smallest absolute Gasteiger partial charge is 0.251 e. The molecule has 2 aromatic rings. The van der Waals surface area contributed by atoms with Gasteiger partial charge in [-0.2, -0.15) is 0 Å². The van der Waals surface area contributed by atoms with Crippen LogP contribution in [0.5, 0.6) is 0 Å². The second kappa shape index (κ2) is 5.14. The van der Waals surface area contributed by atoms with E-state index in [0.717, 1.165) is 5.69 Å². The summed E-state index contributed by atoms with van der Waals surface area (Å²) in [6.07, 6.45) is 3.13. The standard InChI is InChI=1S/C10H8ClN3OS/c11-7-1-3-12-8(5-7)6-16-10-13-4-2-9(15)14-10/h1-5H,6H2,(H,13,14,15). The summed E-state index contributed by atoms with van der Waals surface area (Å²) < 4.78 is 0. The molecule has 1 N–H and O–H groups in total. The first-order valence-corrected chi connectivity index (χ1v) is 5.89. The second-order valence-corrected chi connectivity index (χ2v) is 4.39. The third-order valence-electron chi connectivity index (χ3n) is 1.78. The maximum Gasteiger partial charge on any atom is 0.251 e. The molecule has 0 atom stereocenters. The number of aromatic nitrogens is 3. The first-order valence-electron chi connectivity index (χ1n) is 4.52. The van der Waals surface area contributed by atoms with Crippen molar-refractivity contribution in [1.82, 2.24) is 15.0 Å². The minimum Gasteiger partial charge on any atom is -0.301 e. The van der Waals surface area contributed by atoms with Crippen LogP contribution >= 0.6 is 23.4 Å². The van der Waals surface area contributed by atoms with E-state index >= 15 is 0 Å². The molecule has 0 radical (unpaired) electrons. The highest BCUT2D eigenvalue weighted by Crippen LogP contribution is 2.18. The number of nitrogens with zero attached hydrogens (tertiary/aromatic N) is 2. The molecule has 2 heterocycles. The van der Waals surface area contributed by atoms with Crippen molar-refractivity contribution in [2.24, 2.45) is 0 Å². The zero-order valence-corrected chi connectivity index (χ0v) is 9.76. The number of halogens is 1. The molecule has 0 aliphatic rings. The molecule has 0 amide bonds. The lowest BCUT2D eigenvalue weighted by atomic mass is 10.4.